The molecule has 0 bridgehead atoms. The Morgan fingerprint density at radius 1 is 1.15 bits per heavy atom. The molecule has 6 nitrogen and oxygen atoms in total. The van der Waals surface area contributed by atoms with E-state index in [1.165, 1.54) is 0 Å². The molecule has 0 spiro atoms. The second-order valence-corrected chi connectivity index (χ2v) is 7.32. The third kappa shape index (κ3) is 5.46. The number of hydrogen-bond donors (Lipinski definition) is 2. The van der Waals surface area contributed by atoms with Gasteiger partial charge < -0.3 is 20.7 Å². The number of fused-ring (bicyclic) bond motifs is 1. The van der Waals surface area contributed by atoms with Crippen LogP contribution in [0, 0.1) is 0 Å². The molecular formula is C20H27N3O3. The van der Waals surface area contributed by atoms with E-state index >= 15 is 0 Å². The quantitative estimate of drug-likeness (QED) is 0.861. The van der Waals surface area contributed by atoms with E-state index in [1.807, 2.05) is 42.5 Å². The molecule has 0 aliphatic heterocycles. The summed E-state index contributed by atoms with van der Waals surface area (Å²) in [5, 5.41) is 4.77. The fourth-order valence-corrected chi connectivity index (χ4v) is 2.64. The number of likely N-dealkylation sites (N-methyl/N-ethyl adjacent to an activating group) is 1. The summed E-state index contributed by atoms with van der Waals surface area (Å²) in [4.78, 5) is 25.7. The summed E-state index contributed by atoms with van der Waals surface area (Å²) in [5.41, 5.74) is 6.39. The monoisotopic (exact) mass is 357 g/mol. The van der Waals surface area contributed by atoms with Crippen molar-refractivity contribution in [3.05, 3.63) is 48.0 Å². The molecule has 0 fully saturated rings. The number of ether oxygens (including phenoxy) is 1. The number of carbonyl (C=O) groups is 2. The van der Waals surface area contributed by atoms with E-state index in [0.29, 0.717) is 6.54 Å². The molecule has 3 N–H and O–H groups in total. The minimum absolute atomic E-state index is 0.0215. The summed E-state index contributed by atoms with van der Waals surface area (Å²) in [6, 6.07) is 13.2. The van der Waals surface area contributed by atoms with Crippen LogP contribution in [-0.4, -0.2) is 42.1 Å². The Morgan fingerprint density at radius 3 is 2.50 bits per heavy atom. The standard InChI is InChI=1S/C20H27N3O3/c1-20(2,3)26-19(25)22-12-17(21)18(24)23(4)13-15-10-7-9-14-8-5-6-11-16(14)15/h5-11,17H,12-13,21H2,1-4H3,(H,22,25). The van der Waals surface area contributed by atoms with Crippen LogP contribution in [-0.2, 0) is 16.1 Å². The highest BCUT2D eigenvalue weighted by molar-refractivity contribution is 5.87. The summed E-state index contributed by atoms with van der Waals surface area (Å²) in [6.45, 7) is 5.79. The summed E-state index contributed by atoms with van der Waals surface area (Å²) in [7, 11) is 1.71. The Kier molecular flexibility index (Phi) is 6.21. The Hall–Kier alpha value is -2.60. The number of nitrogens with zero attached hydrogens (tertiary/aromatic N) is 1. The van der Waals surface area contributed by atoms with Crippen molar-refractivity contribution < 1.29 is 14.3 Å². The number of amides is 2. The maximum Gasteiger partial charge on any atom is 0.407 e. The lowest BCUT2D eigenvalue weighted by atomic mass is 10.0. The topological polar surface area (TPSA) is 84.7 Å². The highest BCUT2D eigenvalue weighted by Crippen LogP contribution is 2.19. The van der Waals surface area contributed by atoms with Crippen molar-refractivity contribution >= 4 is 22.8 Å². The maximum absolute atomic E-state index is 12.5. The first-order chi connectivity index (χ1) is 12.2. The molecule has 26 heavy (non-hydrogen) atoms. The van der Waals surface area contributed by atoms with Crippen molar-refractivity contribution in [2.75, 3.05) is 13.6 Å². The van der Waals surface area contributed by atoms with Gasteiger partial charge in [-0.25, -0.2) is 4.79 Å². The molecule has 0 radical (unpaired) electrons. The molecular weight excluding hydrogens is 330 g/mol. The summed E-state index contributed by atoms with van der Waals surface area (Å²) in [5.74, 6) is -0.242. The Balaban J connectivity index is 1.95. The lowest BCUT2D eigenvalue weighted by Gasteiger charge is -2.23. The van der Waals surface area contributed by atoms with Gasteiger partial charge in [-0.15, -0.1) is 0 Å². The molecule has 140 valence electrons. The second kappa shape index (κ2) is 8.19. The number of benzene rings is 2. The largest absolute Gasteiger partial charge is 0.444 e. The van der Waals surface area contributed by atoms with Crippen LogP contribution >= 0.6 is 0 Å². The first kappa shape index (κ1) is 19.7. The van der Waals surface area contributed by atoms with Crippen LogP contribution in [0.5, 0.6) is 0 Å². The van der Waals surface area contributed by atoms with E-state index in [4.69, 9.17) is 10.5 Å². The van der Waals surface area contributed by atoms with Gasteiger partial charge in [0, 0.05) is 20.1 Å². The number of hydrogen-bond acceptors (Lipinski definition) is 4. The number of rotatable bonds is 5. The van der Waals surface area contributed by atoms with Crippen LogP contribution in [0.25, 0.3) is 10.8 Å². The maximum atomic E-state index is 12.5. The number of nitrogens with one attached hydrogen (secondary N) is 1. The predicted octanol–water partition coefficient (Wildman–Crippen LogP) is 2.65. The molecule has 0 saturated carbocycles. The third-order valence-corrected chi connectivity index (χ3v) is 3.85. The molecule has 2 aromatic carbocycles. The average Bonchev–Trinajstić information content (AvgIpc) is 2.57. The molecule has 2 rings (SSSR count). The first-order valence-corrected chi connectivity index (χ1v) is 8.61. The molecule has 0 aliphatic rings. The van der Waals surface area contributed by atoms with E-state index in [-0.39, 0.29) is 12.5 Å². The zero-order valence-electron chi connectivity index (χ0n) is 15.8. The van der Waals surface area contributed by atoms with Crippen molar-refractivity contribution in [1.82, 2.24) is 10.2 Å². The van der Waals surface area contributed by atoms with Gasteiger partial charge in [0.1, 0.15) is 11.6 Å². The number of alkyl carbamates (subject to hydrolysis) is 1. The van der Waals surface area contributed by atoms with E-state index in [0.717, 1.165) is 16.3 Å². The summed E-state index contributed by atoms with van der Waals surface area (Å²) in [6.07, 6.45) is -0.586. The van der Waals surface area contributed by atoms with Crippen molar-refractivity contribution in [1.29, 1.82) is 0 Å². The van der Waals surface area contributed by atoms with Crippen LogP contribution in [0.3, 0.4) is 0 Å². The van der Waals surface area contributed by atoms with Gasteiger partial charge in [0.2, 0.25) is 5.91 Å². The molecule has 2 amide bonds. The van der Waals surface area contributed by atoms with Crippen molar-refractivity contribution in [3.8, 4) is 0 Å². The smallest absolute Gasteiger partial charge is 0.407 e. The minimum atomic E-state index is -0.831. The van der Waals surface area contributed by atoms with Crippen LogP contribution in [0.2, 0.25) is 0 Å². The van der Waals surface area contributed by atoms with E-state index in [1.54, 1.807) is 32.7 Å². The van der Waals surface area contributed by atoms with E-state index < -0.39 is 17.7 Å². The van der Waals surface area contributed by atoms with Crippen molar-refractivity contribution in [2.45, 2.75) is 39.0 Å². The van der Waals surface area contributed by atoms with Gasteiger partial charge in [-0.05, 0) is 37.1 Å². The molecule has 0 saturated heterocycles. The molecule has 0 aliphatic carbocycles. The molecule has 0 aromatic heterocycles. The third-order valence-electron chi connectivity index (χ3n) is 3.85. The van der Waals surface area contributed by atoms with Gasteiger partial charge in [0.15, 0.2) is 0 Å². The highest BCUT2D eigenvalue weighted by Gasteiger charge is 2.21. The number of carbonyl (C=O) groups excluding carboxylic acids is 2. The normalized spacial score (nSPS) is 12.5. The van der Waals surface area contributed by atoms with Gasteiger partial charge in [-0.2, -0.15) is 0 Å². The van der Waals surface area contributed by atoms with Gasteiger partial charge in [0.25, 0.3) is 0 Å². The average molecular weight is 357 g/mol. The number of nitrogens with two attached hydrogens (primary N) is 1. The first-order valence-electron chi connectivity index (χ1n) is 8.61. The molecule has 6 heteroatoms. The summed E-state index contributed by atoms with van der Waals surface area (Å²) < 4.78 is 5.14. The van der Waals surface area contributed by atoms with Gasteiger partial charge in [-0.3, -0.25) is 4.79 Å². The van der Waals surface area contributed by atoms with Crippen LogP contribution in [0.1, 0.15) is 26.3 Å². The van der Waals surface area contributed by atoms with E-state index in [9.17, 15) is 9.59 Å². The van der Waals surface area contributed by atoms with Gasteiger partial charge in [-0.1, -0.05) is 42.5 Å². The Labute approximate surface area is 154 Å². The Morgan fingerprint density at radius 2 is 1.81 bits per heavy atom. The fraction of sp³-hybridized carbons (Fsp3) is 0.400. The van der Waals surface area contributed by atoms with Crippen molar-refractivity contribution in [2.24, 2.45) is 5.73 Å². The van der Waals surface area contributed by atoms with Crippen molar-refractivity contribution in [3.63, 3.8) is 0 Å². The summed E-state index contributed by atoms with van der Waals surface area (Å²) >= 11 is 0. The van der Waals surface area contributed by atoms with E-state index in [2.05, 4.69) is 5.32 Å². The fourth-order valence-electron chi connectivity index (χ4n) is 2.64. The zero-order chi connectivity index (χ0) is 19.3. The van der Waals surface area contributed by atoms with Crippen LogP contribution < -0.4 is 11.1 Å². The SMILES string of the molecule is CN(Cc1cccc2ccccc12)C(=O)C(N)CNC(=O)OC(C)(C)C. The Bertz CT molecular complexity index is 778. The zero-order valence-corrected chi connectivity index (χ0v) is 15.8. The van der Waals surface area contributed by atoms with Gasteiger partial charge in [0.05, 0.1) is 0 Å². The molecule has 1 atom stereocenters. The molecule has 0 heterocycles. The highest BCUT2D eigenvalue weighted by atomic mass is 16.6. The lowest BCUT2D eigenvalue weighted by Crippen LogP contribution is -2.49. The lowest BCUT2D eigenvalue weighted by molar-refractivity contribution is -0.131. The second-order valence-electron chi connectivity index (χ2n) is 7.32. The predicted molar refractivity (Wildman–Crippen MR) is 103 cm³/mol. The van der Waals surface area contributed by atoms with Gasteiger partial charge >= 0.3 is 6.09 Å². The van der Waals surface area contributed by atoms with Crippen LogP contribution in [0.4, 0.5) is 4.79 Å². The molecule has 2 aromatic rings. The van der Waals surface area contributed by atoms with Crippen LogP contribution in [0.15, 0.2) is 42.5 Å². The molecule has 1 unspecified atom stereocenters. The minimum Gasteiger partial charge on any atom is -0.444 e.